The zero-order chi connectivity index (χ0) is 5.54. The summed E-state index contributed by atoms with van der Waals surface area (Å²) in [6, 6.07) is 0. The van der Waals surface area contributed by atoms with Gasteiger partial charge in [0.15, 0.2) is 0 Å². The molecule has 7 heavy (non-hydrogen) atoms. The van der Waals surface area contributed by atoms with Crippen molar-refractivity contribution in [3.8, 4) is 0 Å². The normalized spacial score (nSPS) is 9.43. The van der Waals surface area contributed by atoms with Gasteiger partial charge >= 0.3 is 0 Å². The first-order valence-electron chi connectivity index (χ1n) is 2.17. The quantitative estimate of drug-likeness (QED) is 0.345. The van der Waals surface area contributed by atoms with Gasteiger partial charge in [0.25, 0.3) is 0 Å². The van der Waals surface area contributed by atoms with E-state index in [1.54, 1.807) is 11.8 Å². The van der Waals surface area contributed by atoms with Crippen LogP contribution >= 0.6 is 11.8 Å². The van der Waals surface area contributed by atoms with Crippen LogP contribution in [0.25, 0.3) is 0 Å². The van der Waals surface area contributed by atoms with Crippen molar-refractivity contribution < 1.29 is 10.1 Å². The molecule has 0 unspecified atom stereocenters. The molecule has 0 spiro atoms. The van der Waals surface area contributed by atoms with E-state index in [1.807, 2.05) is 6.26 Å². The molecule has 0 amide bonds. The number of hydrogen-bond donors (Lipinski definition) is 1. The lowest BCUT2D eigenvalue weighted by atomic mass is 10.5. The van der Waals surface area contributed by atoms with Gasteiger partial charge in [0, 0.05) is 0 Å². The van der Waals surface area contributed by atoms with Gasteiger partial charge in [-0.2, -0.15) is 11.8 Å². The fourth-order valence-corrected chi connectivity index (χ4v) is 0.674. The van der Waals surface area contributed by atoms with Crippen LogP contribution in [0.15, 0.2) is 0 Å². The highest BCUT2D eigenvalue weighted by molar-refractivity contribution is 7.98. The molecule has 0 saturated carbocycles. The first-order chi connectivity index (χ1) is 3.41. The van der Waals surface area contributed by atoms with Crippen molar-refractivity contribution in [2.24, 2.45) is 0 Å². The summed E-state index contributed by atoms with van der Waals surface area (Å²) in [6.45, 7) is 0.459. The van der Waals surface area contributed by atoms with E-state index in [4.69, 9.17) is 5.26 Å². The lowest BCUT2D eigenvalue weighted by molar-refractivity contribution is -0.241. The van der Waals surface area contributed by atoms with Crippen LogP contribution < -0.4 is 0 Å². The molecular weight excluding hydrogens is 112 g/mol. The van der Waals surface area contributed by atoms with Gasteiger partial charge in [-0.15, -0.1) is 0 Å². The van der Waals surface area contributed by atoms with E-state index in [1.165, 1.54) is 0 Å². The van der Waals surface area contributed by atoms with Crippen molar-refractivity contribution >= 4 is 11.8 Å². The van der Waals surface area contributed by atoms with Crippen LogP contribution in [0.3, 0.4) is 0 Å². The smallest absolute Gasteiger partial charge is 0.0827 e. The maximum atomic E-state index is 7.78. The van der Waals surface area contributed by atoms with Crippen LogP contribution in [-0.4, -0.2) is 23.9 Å². The Morgan fingerprint density at radius 1 is 1.71 bits per heavy atom. The maximum Gasteiger partial charge on any atom is 0.0827 e. The average Bonchev–Trinajstić information content (AvgIpc) is 1.69. The number of thioether (sulfide) groups is 1. The molecule has 0 aliphatic heterocycles. The Morgan fingerprint density at radius 3 is 2.86 bits per heavy atom. The van der Waals surface area contributed by atoms with Crippen LogP contribution in [0.4, 0.5) is 0 Å². The molecule has 0 aromatic heterocycles. The third-order valence-corrected chi connectivity index (χ3v) is 1.28. The Bertz CT molecular complexity index is 28.9. The SMILES string of the molecule is CSCCCOO. The van der Waals surface area contributed by atoms with Crippen molar-refractivity contribution in [3.05, 3.63) is 0 Å². The molecular formula is C4H10O2S. The molecule has 0 aliphatic carbocycles. The summed E-state index contributed by atoms with van der Waals surface area (Å²) in [6.07, 6.45) is 2.95. The van der Waals surface area contributed by atoms with Crippen molar-refractivity contribution in [2.75, 3.05) is 18.6 Å². The van der Waals surface area contributed by atoms with Crippen molar-refractivity contribution in [2.45, 2.75) is 6.42 Å². The highest BCUT2D eigenvalue weighted by Crippen LogP contribution is 1.93. The first-order valence-corrected chi connectivity index (χ1v) is 3.56. The summed E-state index contributed by atoms with van der Waals surface area (Å²) < 4.78 is 0. The highest BCUT2D eigenvalue weighted by atomic mass is 32.2. The summed E-state index contributed by atoms with van der Waals surface area (Å²) in [4.78, 5) is 3.83. The van der Waals surface area contributed by atoms with Crippen molar-refractivity contribution in [1.82, 2.24) is 0 Å². The lowest BCUT2D eigenvalue weighted by Crippen LogP contribution is -1.89. The molecule has 0 heterocycles. The zero-order valence-corrected chi connectivity index (χ0v) is 5.20. The fourth-order valence-electron chi connectivity index (χ4n) is 0.268. The van der Waals surface area contributed by atoms with Gasteiger partial charge in [0.1, 0.15) is 0 Å². The second-order valence-electron chi connectivity index (χ2n) is 1.18. The summed E-state index contributed by atoms with van der Waals surface area (Å²) in [7, 11) is 0. The lowest BCUT2D eigenvalue weighted by Gasteiger charge is -1.90. The van der Waals surface area contributed by atoms with Gasteiger partial charge in [0.2, 0.25) is 0 Å². The minimum atomic E-state index is 0.459. The van der Waals surface area contributed by atoms with Crippen LogP contribution in [-0.2, 0) is 4.89 Å². The number of hydrogen-bond acceptors (Lipinski definition) is 3. The molecule has 0 rings (SSSR count). The summed E-state index contributed by atoms with van der Waals surface area (Å²) >= 11 is 1.75. The van der Waals surface area contributed by atoms with E-state index in [2.05, 4.69) is 4.89 Å². The van der Waals surface area contributed by atoms with Gasteiger partial charge in [-0.3, -0.25) is 5.26 Å². The topological polar surface area (TPSA) is 29.5 Å². The molecule has 0 aromatic carbocycles. The van der Waals surface area contributed by atoms with Gasteiger partial charge < -0.3 is 0 Å². The Labute approximate surface area is 47.8 Å². The van der Waals surface area contributed by atoms with Gasteiger partial charge in [-0.25, -0.2) is 4.89 Å². The first kappa shape index (κ1) is 7.27. The highest BCUT2D eigenvalue weighted by Gasteiger charge is 1.81. The largest absolute Gasteiger partial charge is 0.252 e. The third-order valence-electron chi connectivity index (χ3n) is 0.584. The Balaban J connectivity index is 2.45. The predicted molar refractivity (Wildman–Crippen MR) is 31.6 cm³/mol. The summed E-state index contributed by atoms with van der Waals surface area (Å²) in [5, 5.41) is 7.78. The third kappa shape index (κ3) is 6.27. The molecule has 0 fully saturated rings. The van der Waals surface area contributed by atoms with Crippen LogP contribution in [0.2, 0.25) is 0 Å². The molecule has 0 atom stereocenters. The Kier molecular flexibility index (Phi) is 6.51. The predicted octanol–water partition coefficient (Wildman–Crippen LogP) is 1.23. The fraction of sp³-hybridized carbons (Fsp3) is 1.00. The van der Waals surface area contributed by atoms with Crippen molar-refractivity contribution in [1.29, 1.82) is 0 Å². The molecule has 0 aliphatic rings. The molecule has 0 saturated heterocycles. The minimum absolute atomic E-state index is 0.459. The molecule has 3 heteroatoms. The maximum absolute atomic E-state index is 7.78. The Hall–Kier alpha value is 0.270. The van der Waals surface area contributed by atoms with Crippen LogP contribution in [0, 0.1) is 0 Å². The Morgan fingerprint density at radius 2 is 2.43 bits per heavy atom. The van der Waals surface area contributed by atoms with Crippen molar-refractivity contribution in [3.63, 3.8) is 0 Å². The van der Waals surface area contributed by atoms with Crippen LogP contribution in [0.5, 0.6) is 0 Å². The van der Waals surface area contributed by atoms with Gasteiger partial charge in [-0.05, 0) is 18.4 Å². The van der Waals surface area contributed by atoms with E-state index in [0.29, 0.717) is 6.61 Å². The molecule has 0 aromatic rings. The number of rotatable bonds is 4. The molecule has 2 nitrogen and oxygen atoms in total. The summed E-state index contributed by atoms with van der Waals surface area (Å²) in [5.74, 6) is 1.06. The van der Waals surface area contributed by atoms with E-state index >= 15 is 0 Å². The van der Waals surface area contributed by atoms with E-state index in [0.717, 1.165) is 12.2 Å². The van der Waals surface area contributed by atoms with E-state index in [-0.39, 0.29) is 0 Å². The molecule has 0 bridgehead atoms. The van der Waals surface area contributed by atoms with Gasteiger partial charge in [-0.1, -0.05) is 0 Å². The summed E-state index contributed by atoms with van der Waals surface area (Å²) in [5.41, 5.74) is 0. The van der Waals surface area contributed by atoms with E-state index < -0.39 is 0 Å². The average molecular weight is 122 g/mol. The second-order valence-corrected chi connectivity index (χ2v) is 2.17. The minimum Gasteiger partial charge on any atom is -0.252 e. The monoisotopic (exact) mass is 122 g/mol. The zero-order valence-electron chi connectivity index (χ0n) is 4.39. The molecule has 1 N–H and O–H groups in total. The molecule has 0 radical (unpaired) electrons. The van der Waals surface area contributed by atoms with Gasteiger partial charge in [0.05, 0.1) is 6.61 Å². The van der Waals surface area contributed by atoms with Crippen LogP contribution in [0.1, 0.15) is 6.42 Å². The standard InChI is InChI=1S/C4H10O2S/c1-7-4-2-3-6-5/h5H,2-4H2,1H3. The van der Waals surface area contributed by atoms with E-state index in [9.17, 15) is 0 Å². The second kappa shape index (κ2) is 6.27. The molecule has 44 valence electrons.